The lowest BCUT2D eigenvalue weighted by Gasteiger charge is -2.35. The normalized spacial score (nSPS) is 17.4. The van der Waals surface area contributed by atoms with Crippen LogP contribution in [0.4, 0.5) is 0 Å². The Morgan fingerprint density at radius 1 is 1.32 bits per heavy atom. The van der Waals surface area contributed by atoms with Crippen molar-refractivity contribution < 1.29 is 9.53 Å². The lowest BCUT2D eigenvalue weighted by molar-refractivity contribution is 0.0547. The van der Waals surface area contributed by atoms with E-state index < -0.39 is 0 Å². The monoisotopic (exact) mass is 381 g/mol. The van der Waals surface area contributed by atoms with Crippen molar-refractivity contribution in [2.24, 2.45) is 0 Å². The Balaban J connectivity index is 1.52. The van der Waals surface area contributed by atoms with Gasteiger partial charge in [-0.2, -0.15) is 5.10 Å². The van der Waals surface area contributed by atoms with E-state index in [0.29, 0.717) is 18.8 Å². The second kappa shape index (κ2) is 8.14. The van der Waals surface area contributed by atoms with Crippen LogP contribution in [0.2, 0.25) is 0 Å². The predicted octanol–water partition coefficient (Wildman–Crippen LogP) is 3.15. The average Bonchev–Trinajstić information content (AvgIpc) is 3.31. The summed E-state index contributed by atoms with van der Waals surface area (Å²) in [6.45, 7) is 4.07. The molecular weight excluding hydrogens is 354 g/mol. The van der Waals surface area contributed by atoms with Crippen LogP contribution in [0.1, 0.15) is 47.7 Å². The molecule has 2 aromatic heterocycles. The number of aromatic nitrogens is 4. The van der Waals surface area contributed by atoms with E-state index in [9.17, 15) is 4.79 Å². The topological polar surface area (TPSA) is 76.0 Å². The smallest absolute Gasteiger partial charge is 0.274 e. The van der Waals surface area contributed by atoms with Gasteiger partial charge in [-0.3, -0.25) is 9.89 Å². The van der Waals surface area contributed by atoms with E-state index in [4.69, 9.17) is 4.74 Å². The van der Waals surface area contributed by atoms with Gasteiger partial charge in [0.1, 0.15) is 11.5 Å². The molecule has 0 aliphatic carbocycles. The van der Waals surface area contributed by atoms with Gasteiger partial charge < -0.3 is 14.2 Å². The number of benzene rings is 1. The predicted molar refractivity (Wildman–Crippen MR) is 107 cm³/mol. The standard InChI is InChI=1S/C21H27N5O2/c1-15-22-18-8-3-4-9-20(18)26(15)14-16-13-19(24-23-16)21(27)25-11-6-5-7-17(25)10-12-28-2/h3-4,8-9,13,17H,5-7,10-12,14H2,1-2H3,(H,23,24)/t17-/m0/s1. The maximum atomic E-state index is 13.1. The van der Waals surface area contributed by atoms with E-state index in [0.717, 1.165) is 54.8 Å². The summed E-state index contributed by atoms with van der Waals surface area (Å²) in [5.74, 6) is 0.954. The third kappa shape index (κ3) is 3.67. The molecule has 1 N–H and O–H groups in total. The Morgan fingerprint density at radius 2 is 2.18 bits per heavy atom. The number of hydrogen-bond acceptors (Lipinski definition) is 4. The highest BCUT2D eigenvalue weighted by Crippen LogP contribution is 2.22. The first-order valence-corrected chi connectivity index (χ1v) is 9.93. The number of ether oxygens (including phenoxy) is 1. The Hall–Kier alpha value is -2.67. The fraction of sp³-hybridized carbons (Fsp3) is 0.476. The minimum absolute atomic E-state index is 0.00974. The fourth-order valence-corrected chi connectivity index (χ4v) is 4.09. The Kier molecular flexibility index (Phi) is 5.43. The molecule has 28 heavy (non-hydrogen) atoms. The molecule has 7 nitrogen and oxygen atoms in total. The van der Waals surface area contributed by atoms with Crippen molar-refractivity contribution >= 4 is 16.9 Å². The van der Waals surface area contributed by atoms with Crippen LogP contribution >= 0.6 is 0 Å². The number of nitrogens with zero attached hydrogens (tertiary/aromatic N) is 4. The summed E-state index contributed by atoms with van der Waals surface area (Å²) in [6.07, 6.45) is 4.12. The fourth-order valence-electron chi connectivity index (χ4n) is 4.09. The molecule has 0 bridgehead atoms. The number of carbonyl (C=O) groups excluding carboxylic acids is 1. The molecule has 0 saturated carbocycles. The van der Waals surface area contributed by atoms with Crippen LogP contribution in [-0.2, 0) is 11.3 Å². The molecule has 1 atom stereocenters. The summed E-state index contributed by atoms with van der Waals surface area (Å²) in [6, 6.07) is 10.2. The molecule has 4 rings (SSSR count). The van der Waals surface area contributed by atoms with Crippen molar-refractivity contribution in [1.82, 2.24) is 24.6 Å². The summed E-state index contributed by atoms with van der Waals surface area (Å²) in [5, 5.41) is 7.36. The molecule has 1 aromatic carbocycles. The molecule has 1 saturated heterocycles. The third-order valence-corrected chi connectivity index (χ3v) is 5.57. The molecule has 7 heteroatoms. The summed E-state index contributed by atoms with van der Waals surface area (Å²) < 4.78 is 7.36. The molecule has 1 aliphatic heterocycles. The highest BCUT2D eigenvalue weighted by molar-refractivity contribution is 5.92. The van der Waals surface area contributed by atoms with Crippen molar-refractivity contribution in [1.29, 1.82) is 0 Å². The molecule has 1 aliphatic rings. The van der Waals surface area contributed by atoms with Gasteiger partial charge >= 0.3 is 0 Å². The van der Waals surface area contributed by atoms with Crippen LogP contribution in [0, 0.1) is 6.92 Å². The second-order valence-corrected chi connectivity index (χ2v) is 7.44. The first-order valence-electron chi connectivity index (χ1n) is 9.93. The number of likely N-dealkylation sites (tertiary alicyclic amines) is 1. The van der Waals surface area contributed by atoms with Gasteiger partial charge in [0.2, 0.25) is 0 Å². The number of imidazole rings is 1. The van der Waals surface area contributed by atoms with Crippen molar-refractivity contribution in [2.75, 3.05) is 20.3 Å². The highest BCUT2D eigenvalue weighted by Gasteiger charge is 2.28. The average molecular weight is 381 g/mol. The van der Waals surface area contributed by atoms with E-state index >= 15 is 0 Å². The van der Waals surface area contributed by atoms with Crippen molar-refractivity contribution in [2.45, 2.75) is 45.2 Å². The molecule has 0 spiro atoms. The molecule has 0 radical (unpaired) electrons. The van der Waals surface area contributed by atoms with Crippen molar-refractivity contribution in [3.63, 3.8) is 0 Å². The lowest BCUT2D eigenvalue weighted by Crippen LogP contribution is -2.44. The number of aromatic amines is 1. The number of amides is 1. The first kappa shape index (κ1) is 18.7. The first-order chi connectivity index (χ1) is 13.7. The number of fused-ring (bicyclic) bond motifs is 1. The Morgan fingerprint density at radius 3 is 3.04 bits per heavy atom. The molecule has 3 heterocycles. The number of aryl methyl sites for hydroxylation is 1. The van der Waals surface area contributed by atoms with Gasteiger partial charge in [-0.05, 0) is 50.8 Å². The largest absolute Gasteiger partial charge is 0.385 e. The summed E-state index contributed by atoms with van der Waals surface area (Å²) in [7, 11) is 1.71. The number of H-pyrrole nitrogens is 1. The minimum Gasteiger partial charge on any atom is -0.385 e. The van der Waals surface area contributed by atoms with E-state index in [2.05, 4.69) is 25.8 Å². The number of nitrogens with one attached hydrogen (secondary N) is 1. The zero-order valence-corrected chi connectivity index (χ0v) is 16.5. The van der Waals surface area contributed by atoms with E-state index in [1.54, 1.807) is 7.11 Å². The molecule has 148 valence electrons. The number of carbonyl (C=O) groups is 1. The number of methoxy groups -OCH3 is 1. The Bertz CT molecular complexity index is 961. The highest BCUT2D eigenvalue weighted by atomic mass is 16.5. The minimum atomic E-state index is 0.00974. The van der Waals surface area contributed by atoms with Crippen molar-refractivity contribution in [3.05, 3.63) is 47.5 Å². The molecule has 1 fully saturated rings. The zero-order valence-electron chi connectivity index (χ0n) is 16.5. The van der Waals surface area contributed by atoms with Crippen molar-refractivity contribution in [3.8, 4) is 0 Å². The quantitative estimate of drug-likeness (QED) is 0.712. The third-order valence-electron chi connectivity index (χ3n) is 5.57. The lowest BCUT2D eigenvalue weighted by atomic mass is 9.99. The molecule has 0 unspecified atom stereocenters. The molecule has 1 amide bonds. The zero-order chi connectivity index (χ0) is 19.5. The summed E-state index contributed by atoms with van der Waals surface area (Å²) in [5.41, 5.74) is 3.45. The van der Waals surface area contributed by atoms with Crippen LogP contribution in [0.3, 0.4) is 0 Å². The van der Waals surface area contributed by atoms with Gasteiger partial charge in [0.25, 0.3) is 5.91 Å². The molecule has 3 aromatic rings. The van der Waals surface area contributed by atoms with Crippen LogP contribution in [0.25, 0.3) is 11.0 Å². The van der Waals surface area contributed by atoms with Gasteiger partial charge in [0.15, 0.2) is 0 Å². The van der Waals surface area contributed by atoms with Gasteiger partial charge in [-0.25, -0.2) is 4.98 Å². The maximum absolute atomic E-state index is 13.1. The van der Waals surface area contributed by atoms with Crippen LogP contribution in [0.5, 0.6) is 0 Å². The maximum Gasteiger partial charge on any atom is 0.274 e. The number of rotatable bonds is 6. The van der Waals surface area contributed by atoms with Gasteiger partial charge in [0, 0.05) is 26.3 Å². The Labute approximate surface area is 164 Å². The van der Waals surface area contributed by atoms with Gasteiger partial charge in [-0.15, -0.1) is 0 Å². The SMILES string of the molecule is COCC[C@@H]1CCCCN1C(=O)c1cc(Cn2c(C)nc3ccccc32)[nH]n1. The van der Waals surface area contributed by atoms with Crippen LogP contribution in [-0.4, -0.2) is 56.9 Å². The summed E-state index contributed by atoms with van der Waals surface area (Å²) >= 11 is 0. The number of piperidine rings is 1. The van der Waals surface area contributed by atoms with E-state index in [1.165, 1.54) is 0 Å². The molecular formula is C21H27N5O2. The van der Waals surface area contributed by atoms with Crippen LogP contribution < -0.4 is 0 Å². The second-order valence-electron chi connectivity index (χ2n) is 7.44. The summed E-state index contributed by atoms with van der Waals surface area (Å²) in [4.78, 5) is 19.6. The number of para-hydroxylation sites is 2. The van der Waals surface area contributed by atoms with Crippen LogP contribution in [0.15, 0.2) is 30.3 Å². The number of hydrogen-bond donors (Lipinski definition) is 1. The van der Waals surface area contributed by atoms with Gasteiger partial charge in [0.05, 0.1) is 23.3 Å². The van der Waals surface area contributed by atoms with E-state index in [-0.39, 0.29) is 11.9 Å². The van der Waals surface area contributed by atoms with Gasteiger partial charge in [-0.1, -0.05) is 12.1 Å². The van der Waals surface area contributed by atoms with E-state index in [1.807, 2.05) is 36.1 Å².